The lowest BCUT2D eigenvalue weighted by Crippen LogP contribution is -2.46. The average Bonchev–Trinajstić information content (AvgIpc) is 2.74. The Labute approximate surface area is 195 Å². The van der Waals surface area contributed by atoms with Gasteiger partial charge in [-0.15, -0.1) is 0 Å². The van der Waals surface area contributed by atoms with E-state index in [2.05, 4.69) is 5.32 Å². The van der Waals surface area contributed by atoms with Gasteiger partial charge < -0.3 is 10.2 Å². The first-order valence-corrected chi connectivity index (χ1v) is 12.6. The van der Waals surface area contributed by atoms with E-state index < -0.39 is 16.1 Å². The van der Waals surface area contributed by atoms with Crippen molar-refractivity contribution in [2.24, 2.45) is 0 Å². The molecule has 174 valence electrons. The van der Waals surface area contributed by atoms with E-state index in [0.29, 0.717) is 17.1 Å². The fourth-order valence-corrected chi connectivity index (χ4v) is 4.52. The molecule has 2 amide bonds. The zero-order valence-corrected chi connectivity index (χ0v) is 20.4. The number of hydrogen-bond acceptors (Lipinski definition) is 4. The van der Waals surface area contributed by atoms with E-state index in [4.69, 9.17) is 11.6 Å². The predicted octanol–water partition coefficient (Wildman–Crippen LogP) is 3.36. The summed E-state index contributed by atoms with van der Waals surface area (Å²) >= 11 is 6.06. The van der Waals surface area contributed by atoms with E-state index in [1.807, 2.05) is 25.1 Å². The van der Waals surface area contributed by atoms with Crippen molar-refractivity contribution in [2.45, 2.75) is 39.3 Å². The molecular weight excluding hydrogens is 450 g/mol. The van der Waals surface area contributed by atoms with Crippen molar-refractivity contribution in [3.05, 3.63) is 64.7 Å². The molecule has 0 fully saturated rings. The number of aryl methyl sites for hydroxylation is 1. The highest BCUT2D eigenvalue weighted by molar-refractivity contribution is 7.92. The maximum absolute atomic E-state index is 13.1. The molecule has 9 heteroatoms. The summed E-state index contributed by atoms with van der Waals surface area (Å²) in [5, 5.41) is 3.12. The molecule has 0 aliphatic heterocycles. The van der Waals surface area contributed by atoms with Crippen molar-refractivity contribution >= 4 is 39.1 Å². The molecule has 7 nitrogen and oxygen atoms in total. The quantitative estimate of drug-likeness (QED) is 0.566. The van der Waals surface area contributed by atoms with E-state index in [0.717, 1.165) is 17.4 Å². The molecule has 0 aliphatic rings. The van der Waals surface area contributed by atoms with Crippen LogP contribution in [0.5, 0.6) is 0 Å². The number of hydrogen-bond donors (Lipinski definition) is 1. The number of amides is 2. The van der Waals surface area contributed by atoms with Gasteiger partial charge in [0.25, 0.3) is 0 Å². The first kappa shape index (κ1) is 25.7. The Morgan fingerprint density at radius 1 is 1.12 bits per heavy atom. The first-order valence-electron chi connectivity index (χ1n) is 10.3. The van der Waals surface area contributed by atoms with Gasteiger partial charge in [0.1, 0.15) is 6.04 Å². The Morgan fingerprint density at radius 2 is 1.78 bits per heavy atom. The molecule has 0 heterocycles. The number of benzene rings is 2. The normalized spacial score (nSPS) is 12.2. The lowest BCUT2D eigenvalue weighted by Gasteiger charge is -2.29. The summed E-state index contributed by atoms with van der Waals surface area (Å²) in [6.07, 6.45) is 1.56. The molecule has 0 radical (unpaired) electrons. The van der Waals surface area contributed by atoms with Gasteiger partial charge in [0.05, 0.1) is 11.9 Å². The summed E-state index contributed by atoms with van der Waals surface area (Å²) in [6.45, 7) is 3.97. The molecule has 2 rings (SSSR count). The lowest BCUT2D eigenvalue weighted by atomic mass is 10.1. The van der Waals surface area contributed by atoms with Gasteiger partial charge in [0.2, 0.25) is 21.8 Å². The third-order valence-corrected chi connectivity index (χ3v) is 6.56. The Bertz CT molecular complexity index is 1040. The molecule has 0 aromatic heterocycles. The Kier molecular flexibility index (Phi) is 9.09. The Hall–Kier alpha value is -2.58. The predicted molar refractivity (Wildman–Crippen MR) is 128 cm³/mol. The largest absolute Gasteiger partial charge is 0.357 e. The summed E-state index contributed by atoms with van der Waals surface area (Å²) in [4.78, 5) is 26.8. The van der Waals surface area contributed by atoms with Gasteiger partial charge in [0, 0.05) is 31.6 Å². The van der Waals surface area contributed by atoms with E-state index in [-0.39, 0.29) is 31.3 Å². The van der Waals surface area contributed by atoms with Crippen molar-refractivity contribution in [1.82, 2.24) is 10.2 Å². The summed E-state index contributed by atoms with van der Waals surface area (Å²) in [7, 11) is -1.99. The number of nitrogens with one attached hydrogen (secondary N) is 1. The third-order valence-electron chi connectivity index (χ3n) is 5.13. The van der Waals surface area contributed by atoms with E-state index in [1.165, 1.54) is 16.3 Å². The van der Waals surface area contributed by atoms with Crippen LogP contribution in [0.4, 0.5) is 5.69 Å². The van der Waals surface area contributed by atoms with Crippen LogP contribution < -0.4 is 9.62 Å². The number of sulfonamides is 1. The summed E-state index contributed by atoms with van der Waals surface area (Å²) in [5.41, 5.74) is 2.39. The minimum atomic E-state index is -3.51. The van der Waals surface area contributed by atoms with Crippen molar-refractivity contribution in [2.75, 3.05) is 24.2 Å². The van der Waals surface area contributed by atoms with Crippen molar-refractivity contribution < 1.29 is 18.0 Å². The SMILES string of the molecule is CNC(=O)C(C)N(Cc1cccc(Cl)c1)C(=O)CCCN(c1ccc(C)cc1)S(C)(=O)=O. The second-order valence-corrected chi connectivity index (χ2v) is 10.1. The number of anilines is 1. The van der Waals surface area contributed by atoms with E-state index in [9.17, 15) is 18.0 Å². The number of halogens is 1. The molecule has 0 spiro atoms. The standard InChI is InChI=1S/C23H30ClN3O4S/c1-17-10-12-21(13-11-17)27(32(4,30)31)14-6-9-22(28)26(18(2)23(29)25-3)16-19-7-5-8-20(24)15-19/h5,7-8,10-13,15,18H,6,9,14,16H2,1-4H3,(H,25,29). The maximum Gasteiger partial charge on any atom is 0.242 e. The number of carbonyl (C=O) groups excluding carboxylic acids is 2. The summed E-state index contributed by atoms with van der Waals surface area (Å²) in [5.74, 6) is -0.517. The minimum Gasteiger partial charge on any atom is -0.357 e. The van der Waals surface area contributed by atoms with Gasteiger partial charge in [-0.3, -0.25) is 13.9 Å². The van der Waals surface area contributed by atoms with E-state index >= 15 is 0 Å². The first-order chi connectivity index (χ1) is 15.0. The second kappa shape index (κ2) is 11.3. The highest BCUT2D eigenvalue weighted by Gasteiger charge is 2.26. The molecule has 0 saturated heterocycles. The van der Waals surface area contributed by atoms with Crippen LogP contribution in [0.15, 0.2) is 48.5 Å². The monoisotopic (exact) mass is 479 g/mol. The second-order valence-electron chi connectivity index (χ2n) is 7.72. The van der Waals surface area contributed by atoms with Crippen molar-refractivity contribution in [1.29, 1.82) is 0 Å². The molecule has 1 unspecified atom stereocenters. The van der Waals surface area contributed by atoms with Crippen LogP contribution in [0.3, 0.4) is 0 Å². The molecule has 1 N–H and O–H groups in total. The highest BCUT2D eigenvalue weighted by Crippen LogP contribution is 2.20. The fraction of sp³-hybridized carbons (Fsp3) is 0.391. The minimum absolute atomic E-state index is 0.0970. The molecule has 2 aromatic rings. The van der Waals surface area contributed by atoms with Gasteiger partial charge in [-0.25, -0.2) is 8.42 Å². The fourth-order valence-electron chi connectivity index (χ4n) is 3.34. The maximum atomic E-state index is 13.1. The van der Waals surface area contributed by atoms with Gasteiger partial charge in [0.15, 0.2) is 0 Å². The molecule has 0 bridgehead atoms. The lowest BCUT2D eigenvalue weighted by molar-refractivity contribution is -0.140. The number of rotatable bonds is 10. The van der Waals surface area contributed by atoms with Crippen LogP contribution in [0.2, 0.25) is 5.02 Å². The van der Waals surface area contributed by atoms with Gasteiger partial charge in [-0.1, -0.05) is 41.4 Å². The number of carbonyl (C=O) groups is 2. The molecule has 1 atom stereocenters. The highest BCUT2D eigenvalue weighted by atomic mass is 35.5. The van der Waals surface area contributed by atoms with Gasteiger partial charge in [-0.05, 0) is 50.1 Å². The Morgan fingerprint density at radius 3 is 2.34 bits per heavy atom. The summed E-state index contributed by atoms with van der Waals surface area (Å²) in [6, 6.07) is 13.6. The zero-order chi connectivity index (χ0) is 23.9. The molecule has 32 heavy (non-hydrogen) atoms. The van der Waals surface area contributed by atoms with Crippen LogP contribution in [0.25, 0.3) is 0 Å². The van der Waals surface area contributed by atoms with Gasteiger partial charge in [-0.2, -0.15) is 0 Å². The van der Waals surface area contributed by atoms with Crippen molar-refractivity contribution in [3.63, 3.8) is 0 Å². The topological polar surface area (TPSA) is 86.8 Å². The van der Waals surface area contributed by atoms with Gasteiger partial charge >= 0.3 is 0 Å². The van der Waals surface area contributed by atoms with Crippen LogP contribution in [-0.4, -0.2) is 51.0 Å². The average molecular weight is 480 g/mol. The van der Waals surface area contributed by atoms with Crippen molar-refractivity contribution in [3.8, 4) is 0 Å². The smallest absolute Gasteiger partial charge is 0.242 e. The number of nitrogens with zero attached hydrogens (tertiary/aromatic N) is 2. The molecule has 0 saturated carbocycles. The van der Waals surface area contributed by atoms with E-state index in [1.54, 1.807) is 37.3 Å². The Balaban J connectivity index is 2.13. The third kappa shape index (κ3) is 7.24. The molecule has 0 aliphatic carbocycles. The van der Waals surface area contributed by atoms with Crippen LogP contribution in [-0.2, 0) is 26.2 Å². The molecular formula is C23H30ClN3O4S. The zero-order valence-electron chi connectivity index (χ0n) is 18.8. The van der Waals surface area contributed by atoms with Crippen LogP contribution >= 0.6 is 11.6 Å². The van der Waals surface area contributed by atoms with Crippen LogP contribution in [0, 0.1) is 6.92 Å². The summed E-state index contributed by atoms with van der Waals surface area (Å²) < 4.78 is 25.9. The number of likely N-dealkylation sites (N-methyl/N-ethyl adjacent to an activating group) is 1. The van der Waals surface area contributed by atoms with Crippen LogP contribution in [0.1, 0.15) is 30.9 Å². The molecule has 2 aromatic carbocycles.